The molecule has 1 saturated heterocycles. The molecule has 2 rings (SSSR count). The molecule has 5 nitrogen and oxygen atoms in total. The first-order valence-corrected chi connectivity index (χ1v) is 6.82. The quantitative estimate of drug-likeness (QED) is 0.873. The van der Waals surface area contributed by atoms with Crippen molar-refractivity contribution in [2.45, 2.75) is 32.7 Å². The Morgan fingerprint density at radius 3 is 2.89 bits per heavy atom. The number of carbonyl (C=O) groups excluding carboxylic acids is 2. The van der Waals surface area contributed by atoms with E-state index in [1.54, 1.807) is 0 Å². The summed E-state index contributed by atoms with van der Waals surface area (Å²) in [6.45, 7) is 6.01. The molecule has 0 aromatic carbocycles. The topological polar surface area (TPSA) is 54.3 Å². The molecule has 0 atom stereocenters. The van der Waals surface area contributed by atoms with E-state index in [0.29, 0.717) is 25.2 Å². The highest BCUT2D eigenvalue weighted by Gasteiger charge is 2.19. The Bertz CT molecular complexity index is 465. The number of aromatic nitrogens is 1. The van der Waals surface area contributed by atoms with Gasteiger partial charge in [-0.05, 0) is 32.4 Å². The molecular formula is C14H21N3O2. The Hall–Kier alpha value is -1.78. The summed E-state index contributed by atoms with van der Waals surface area (Å²) in [6.07, 6.45) is 3.48. The number of nitrogens with one attached hydrogen (secondary N) is 1. The predicted molar refractivity (Wildman–Crippen MR) is 73.0 cm³/mol. The first kappa shape index (κ1) is 13.6. The number of carbonyl (C=O) groups is 2. The van der Waals surface area contributed by atoms with Crippen molar-refractivity contribution in [3.63, 3.8) is 0 Å². The van der Waals surface area contributed by atoms with Crippen molar-refractivity contribution in [3.05, 3.63) is 24.0 Å². The second-order valence-corrected chi connectivity index (χ2v) is 5.13. The number of rotatable bonds is 5. The Labute approximate surface area is 113 Å². The second-order valence-electron chi connectivity index (χ2n) is 5.13. The van der Waals surface area contributed by atoms with E-state index in [0.717, 1.165) is 13.0 Å². The highest BCUT2D eigenvalue weighted by Crippen LogP contribution is 2.11. The van der Waals surface area contributed by atoms with Gasteiger partial charge in [0.25, 0.3) is 5.91 Å². The van der Waals surface area contributed by atoms with Gasteiger partial charge in [-0.15, -0.1) is 0 Å². The molecule has 1 aliphatic rings. The lowest BCUT2D eigenvalue weighted by molar-refractivity contribution is -0.127. The van der Waals surface area contributed by atoms with Crippen LogP contribution in [0.1, 0.15) is 43.2 Å². The van der Waals surface area contributed by atoms with Crippen LogP contribution in [0.3, 0.4) is 0 Å². The van der Waals surface area contributed by atoms with Gasteiger partial charge in [0.2, 0.25) is 5.91 Å². The van der Waals surface area contributed by atoms with Gasteiger partial charge in [0.15, 0.2) is 0 Å². The highest BCUT2D eigenvalue weighted by molar-refractivity contribution is 5.92. The van der Waals surface area contributed by atoms with E-state index in [9.17, 15) is 9.59 Å². The van der Waals surface area contributed by atoms with E-state index in [-0.39, 0.29) is 17.9 Å². The first-order valence-electron chi connectivity index (χ1n) is 6.82. The molecule has 1 fully saturated rings. The fraction of sp³-hybridized carbons (Fsp3) is 0.571. The molecule has 0 spiro atoms. The normalized spacial score (nSPS) is 15.3. The minimum Gasteiger partial charge on any atom is -0.349 e. The Morgan fingerprint density at radius 1 is 1.47 bits per heavy atom. The first-order chi connectivity index (χ1) is 9.09. The van der Waals surface area contributed by atoms with Gasteiger partial charge < -0.3 is 14.8 Å². The average Bonchev–Trinajstić information content (AvgIpc) is 2.98. The van der Waals surface area contributed by atoms with Crippen molar-refractivity contribution >= 4 is 11.8 Å². The molecule has 0 saturated carbocycles. The third-order valence-corrected chi connectivity index (χ3v) is 3.41. The number of hydrogen-bond donors (Lipinski definition) is 1. The van der Waals surface area contributed by atoms with Gasteiger partial charge >= 0.3 is 0 Å². The summed E-state index contributed by atoms with van der Waals surface area (Å²) in [4.78, 5) is 25.3. The van der Waals surface area contributed by atoms with Crippen LogP contribution in [0.4, 0.5) is 0 Å². The fourth-order valence-corrected chi connectivity index (χ4v) is 2.37. The van der Waals surface area contributed by atoms with Crippen LogP contribution in [0.15, 0.2) is 18.3 Å². The third kappa shape index (κ3) is 3.16. The number of nitrogens with zero attached hydrogens (tertiary/aromatic N) is 2. The van der Waals surface area contributed by atoms with Crippen molar-refractivity contribution < 1.29 is 9.59 Å². The van der Waals surface area contributed by atoms with E-state index in [1.807, 2.05) is 41.6 Å². The summed E-state index contributed by atoms with van der Waals surface area (Å²) in [6, 6.07) is 3.95. The molecule has 1 aromatic heterocycles. The zero-order chi connectivity index (χ0) is 13.8. The van der Waals surface area contributed by atoms with Crippen molar-refractivity contribution in [1.29, 1.82) is 0 Å². The Balaban J connectivity index is 1.84. The molecule has 0 unspecified atom stereocenters. The van der Waals surface area contributed by atoms with Crippen LogP contribution in [-0.2, 0) is 4.79 Å². The van der Waals surface area contributed by atoms with E-state index < -0.39 is 0 Å². The number of amides is 2. The smallest absolute Gasteiger partial charge is 0.267 e. The molecule has 1 N–H and O–H groups in total. The maximum absolute atomic E-state index is 12.1. The molecule has 0 radical (unpaired) electrons. The average molecular weight is 263 g/mol. The predicted octanol–water partition coefficient (Wildman–Crippen LogP) is 1.42. The van der Waals surface area contributed by atoms with Gasteiger partial charge in [-0.1, -0.05) is 0 Å². The van der Waals surface area contributed by atoms with Crippen LogP contribution in [0.25, 0.3) is 0 Å². The highest BCUT2D eigenvalue weighted by atomic mass is 16.2. The maximum atomic E-state index is 12.1. The fourth-order valence-electron chi connectivity index (χ4n) is 2.37. The summed E-state index contributed by atoms with van der Waals surface area (Å²) in [5.74, 6) is 0.116. The van der Waals surface area contributed by atoms with Crippen LogP contribution < -0.4 is 5.32 Å². The van der Waals surface area contributed by atoms with E-state index in [2.05, 4.69) is 5.32 Å². The van der Waals surface area contributed by atoms with Gasteiger partial charge in [-0.2, -0.15) is 0 Å². The number of likely N-dealkylation sites (tertiary alicyclic amines) is 1. The zero-order valence-electron chi connectivity index (χ0n) is 11.6. The summed E-state index contributed by atoms with van der Waals surface area (Å²) >= 11 is 0. The molecule has 0 aliphatic carbocycles. The van der Waals surface area contributed by atoms with E-state index >= 15 is 0 Å². The van der Waals surface area contributed by atoms with Crippen LogP contribution >= 0.6 is 0 Å². The minimum atomic E-state index is -0.0784. The molecule has 19 heavy (non-hydrogen) atoms. The molecule has 104 valence electrons. The largest absolute Gasteiger partial charge is 0.349 e. The van der Waals surface area contributed by atoms with Gasteiger partial charge in [0, 0.05) is 38.3 Å². The summed E-state index contributed by atoms with van der Waals surface area (Å²) in [5, 5.41) is 2.87. The molecule has 2 amide bonds. The second kappa shape index (κ2) is 5.91. The molecule has 1 aromatic rings. The SMILES string of the molecule is CC(C)n1cccc1C(=O)NCCN1CCCC1=O. The lowest BCUT2D eigenvalue weighted by atomic mass is 10.3. The monoisotopic (exact) mass is 263 g/mol. The van der Waals surface area contributed by atoms with Crippen LogP contribution in [0.2, 0.25) is 0 Å². The molecule has 0 bridgehead atoms. The number of hydrogen-bond acceptors (Lipinski definition) is 2. The Kier molecular flexibility index (Phi) is 4.24. The summed E-state index contributed by atoms with van der Waals surface area (Å²) < 4.78 is 1.94. The van der Waals surface area contributed by atoms with E-state index in [1.165, 1.54) is 0 Å². The van der Waals surface area contributed by atoms with Gasteiger partial charge in [-0.25, -0.2) is 0 Å². The van der Waals surface area contributed by atoms with E-state index in [4.69, 9.17) is 0 Å². The lowest BCUT2D eigenvalue weighted by Crippen LogP contribution is -2.36. The standard InChI is InChI=1S/C14H21N3O2/c1-11(2)17-9-3-5-12(17)14(19)15-7-10-16-8-4-6-13(16)18/h3,5,9,11H,4,6-8,10H2,1-2H3,(H,15,19). The summed E-state index contributed by atoms with van der Waals surface area (Å²) in [5.41, 5.74) is 0.669. The minimum absolute atomic E-state index is 0.0784. The van der Waals surface area contributed by atoms with Crippen LogP contribution in [-0.4, -0.2) is 40.9 Å². The Morgan fingerprint density at radius 2 is 2.26 bits per heavy atom. The maximum Gasteiger partial charge on any atom is 0.267 e. The lowest BCUT2D eigenvalue weighted by Gasteiger charge is -2.16. The van der Waals surface area contributed by atoms with Crippen molar-refractivity contribution in [2.24, 2.45) is 0 Å². The molecule has 2 heterocycles. The van der Waals surface area contributed by atoms with Crippen molar-refractivity contribution in [2.75, 3.05) is 19.6 Å². The van der Waals surface area contributed by atoms with Crippen LogP contribution in [0.5, 0.6) is 0 Å². The molecular weight excluding hydrogens is 242 g/mol. The molecule has 1 aliphatic heterocycles. The third-order valence-electron chi connectivity index (χ3n) is 3.41. The molecule has 5 heteroatoms. The van der Waals surface area contributed by atoms with Gasteiger partial charge in [-0.3, -0.25) is 9.59 Å². The van der Waals surface area contributed by atoms with Gasteiger partial charge in [0.05, 0.1) is 0 Å². The van der Waals surface area contributed by atoms with Crippen molar-refractivity contribution in [1.82, 2.24) is 14.8 Å². The summed E-state index contributed by atoms with van der Waals surface area (Å²) in [7, 11) is 0. The zero-order valence-corrected chi connectivity index (χ0v) is 11.6. The van der Waals surface area contributed by atoms with Crippen molar-refractivity contribution in [3.8, 4) is 0 Å². The van der Waals surface area contributed by atoms with Gasteiger partial charge in [0.1, 0.15) is 5.69 Å². The van der Waals surface area contributed by atoms with Crippen LogP contribution in [0, 0.1) is 0 Å².